The normalized spacial score (nSPS) is 16.9. The molecule has 0 radical (unpaired) electrons. The number of esters is 1. The molecule has 0 bridgehead atoms. The van der Waals surface area contributed by atoms with Gasteiger partial charge in [-0.05, 0) is 6.42 Å². The van der Waals surface area contributed by atoms with E-state index in [2.05, 4.69) is 6.92 Å². The predicted octanol–water partition coefficient (Wildman–Crippen LogP) is 2.46. The summed E-state index contributed by atoms with van der Waals surface area (Å²) in [6, 6.07) is -0.694. The third-order valence-electron chi connectivity index (χ3n) is 4.12. The second kappa shape index (κ2) is 12.3. The van der Waals surface area contributed by atoms with E-state index in [0.717, 1.165) is 12.8 Å². The van der Waals surface area contributed by atoms with E-state index in [4.69, 9.17) is 14.6 Å². The lowest BCUT2D eigenvalue weighted by molar-refractivity contribution is -0.156. The number of unbranched alkanes of at least 4 members (excludes halogenated alkanes) is 6. The summed E-state index contributed by atoms with van der Waals surface area (Å²) < 4.78 is 10.5. The molecule has 0 amide bonds. The van der Waals surface area contributed by atoms with E-state index in [0.29, 0.717) is 32.9 Å². The number of carbonyl (C=O) groups excluding carboxylic acids is 1. The van der Waals surface area contributed by atoms with Crippen LogP contribution in [-0.2, 0) is 19.1 Å². The van der Waals surface area contributed by atoms with Crippen molar-refractivity contribution in [3.63, 3.8) is 0 Å². The van der Waals surface area contributed by atoms with Crippen molar-refractivity contribution in [1.82, 2.24) is 4.90 Å². The first kappa shape index (κ1) is 19.9. The molecule has 1 atom stereocenters. The first-order valence-corrected chi connectivity index (χ1v) is 8.85. The molecule has 1 heterocycles. The van der Waals surface area contributed by atoms with Crippen molar-refractivity contribution in [3.05, 3.63) is 0 Å². The molecule has 1 fully saturated rings. The summed E-state index contributed by atoms with van der Waals surface area (Å²) in [6.07, 6.45) is 7.88. The van der Waals surface area contributed by atoms with Gasteiger partial charge in [-0.3, -0.25) is 14.5 Å². The Balaban J connectivity index is 2.23. The second-order valence-electron chi connectivity index (χ2n) is 6.05. The van der Waals surface area contributed by atoms with Gasteiger partial charge >= 0.3 is 11.9 Å². The van der Waals surface area contributed by atoms with Gasteiger partial charge in [0.2, 0.25) is 0 Å². The van der Waals surface area contributed by atoms with Gasteiger partial charge in [-0.15, -0.1) is 0 Å². The maximum absolute atomic E-state index is 12.2. The summed E-state index contributed by atoms with van der Waals surface area (Å²) in [7, 11) is 0. The second-order valence-corrected chi connectivity index (χ2v) is 6.05. The molecule has 134 valence electrons. The van der Waals surface area contributed by atoms with Crippen LogP contribution in [0.15, 0.2) is 0 Å². The quantitative estimate of drug-likeness (QED) is 0.438. The van der Waals surface area contributed by atoms with Crippen molar-refractivity contribution in [2.45, 2.75) is 64.3 Å². The maximum atomic E-state index is 12.2. The van der Waals surface area contributed by atoms with E-state index in [1.165, 1.54) is 32.1 Å². The van der Waals surface area contributed by atoms with Crippen molar-refractivity contribution >= 4 is 11.9 Å². The van der Waals surface area contributed by atoms with E-state index in [1.54, 1.807) is 0 Å². The number of rotatable bonds is 12. The standard InChI is InChI=1S/C17H31NO5/c1-2-3-4-5-6-7-8-11-23-17(21)15(14-16(19)20)18-9-12-22-13-10-18/h15H,2-14H2,1H3,(H,19,20)/t15-/m0/s1. The van der Waals surface area contributed by atoms with Gasteiger partial charge in [-0.1, -0.05) is 45.4 Å². The molecule has 0 aromatic carbocycles. The van der Waals surface area contributed by atoms with Crippen LogP contribution in [0.25, 0.3) is 0 Å². The summed E-state index contributed by atoms with van der Waals surface area (Å²) in [5.74, 6) is -1.39. The highest BCUT2D eigenvalue weighted by Gasteiger charge is 2.30. The Labute approximate surface area is 139 Å². The molecule has 0 aromatic heterocycles. The largest absolute Gasteiger partial charge is 0.481 e. The number of morpholine rings is 1. The fourth-order valence-electron chi connectivity index (χ4n) is 2.74. The molecular weight excluding hydrogens is 298 g/mol. The van der Waals surface area contributed by atoms with Crippen molar-refractivity contribution in [2.24, 2.45) is 0 Å². The van der Waals surface area contributed by atoms with Crippen LogP contribution in [0.2, 0.25) is 0 Å². The third-order valence-corrected chi connectivity index (χ3v) is 4.12. The number of carboxylic acid groups (broad SMARTS) is 1. The average molecular weight is 329 g/mol. The number of hydrogen-bond donors (Lipinski definition) is 1. The van der Waals surface area contributed by atoms with Crippen LogP contribution in [-0.4, -0.2) is 60.9 Å². The van der Waals surface area contributed by atoms with Crippen LogP contribution in [0.3, 0.4) is 0 Å². The van der Waals surface area contributed by atoms with Crippen LogP contribution in [0, 0.1) is 0 Å². The molecule has 1 saturated heterocycles. The number of hydrogen-bond acceptors (Lipinski definition) is 5. The molecule has 0 aromatic rings. The lowest BCUT2D eigenvalue weighted by Gasteiger charge is -2.32. The number of aliphatic carboxylic acids is 1. The molecule has 0 saturated carbocycles. The topological polar surface area (TPSA) is 76.1 Å². The summed E-state index contributed by atoms with van der Waals surface area (Å²) in [4.78, 5) is 25.0. The Kier molecular flexibility index (Phi) is 10.6. The smallest absolute Gasteiger partial charge is 0.323 e. The molecule has 1 N–H and O–H groups in total. The summed E-state index contributed by atoms with van der Waals surface area (Å²) in [5, 5.41) is 9.01. The van der Waals surface area contributed by atoms with E-state index in [-0.39, 0.29) is 6.42 Å². The molecule has 0 unspecified atom stereocenters. The predicted molar refractivity (Wildman–Crippen MR) is 87.4 cm³/mol. The number of ether oxygens (including phenoxy) is 2. The summed E-state index contributed by atoms with van der Waals surface area (Å²) >= 11 is 0. The molecule has 1 aliphatic rings. The molecule has 23 heavy (non-hydrogen) atoms. The average Bonchev–Trinajstić information content (AvgIpc) is 2.55. The minimum absolute atomic E-state index is 0.212. The highest BCUT2D eigenvalue weighted by molar-refractivity contribution is 5.82. The van der Waals surface area contributed by atoms with E-state index < -0.39 is 18.0 Å². The first-order chi connectivity index (χ1) is 11.1. The fraction of sp³-hybridized carbons (Fsp3) is 0.882. The maximum Gasteiger partial charge on any atom is 0.323 e. The van der Waals surface area contributed by atoms with Crippen LogP contribution < -0.4 is 0 Å². The van der Waals surface area contributed by atoms with E-state index in [1.807, 2.05) is 4.90 Å². The highest BCUT2D eigenvalue weighted by Crippen LogP contribution is 2.11. The van der Waals surface area contributed by atoms with Gasteiger partial charge in [0.05, 0.1) is 26.2 Å². The highest BCUT2D eigenvalue weighted by atomic mass is 16.5. The zero-order valence-electron chi connectivity index (χ0n) is 14.3. The minimum atomic E-state index is -0.977. The zero-order chi connectivity index (χ0) is 16.9. The Bertz CT molecular complexity index is 342. The van der Waals surface area contributed by atoms with Crippen LogP contribution >= 0.6 is 0 Å². The fourth-order valence-corrected chi connectivity index (χ4v) is 2.74. The zero-order valence-corrected chi connectivity index (χ0v) is 14.3. The van der Waals surface area contributed by atoms with Gasteiger partial charge < -0.3 is 14.6 Å². The van der Waals surface area contributed by atoms with Crippen molar-refractivity contribution in [3.8, 4) is 0 Å². The van der Waals surface area contributed by atoms with Crippen LogP contribution in [0.5, 0.6) is 0 Å². The lowest BCUT2D eigenvalue weighted by atomic mass is 10.1. The summed E-state index contributed by atoms with van der Waals surface area (Å²) in [6.45, 7) is 4.78. The molecule has 1 aliphatic heterocycles. The molecule has 0 spiro atoms. The van der Waals surface area contributed by atoms with Gasteiger partial charge in [0, 0.05) is 13.1 Å². The van der Waals surface area contributed by atoms with Gasteiger partial charge in [0.1, 0.15) is 6.04 Å². The van der Waals surface area contributed by atoms with Crippen LogP contribution in [0.4, 0.5) is 0 Å². The molecule has 1 rings (SSSR count). The molecule has 6 nitrogen and oxygen atoms in total. The van der Waals surface area contributed by atoms with Gasteiger partial charge in [-0.2, -0.15) is 0 Å². The van der Waals surface area contributed by atoms with Crippen molar-refractivity contribution in [2.75, 3.05) is 32.9 Å². The molecule has 0 aliphatic carbocycles. The van der Waals surface area contributed by atoms with Crippen LogP contribution in [0.1, 0.15) is 58.3 Å². The number of carboxylic acids is 1. The first-order valence-electron chi connectivity index (χ1n) is 8.85. The SMILES string of the molecule is CCCCCCCCCOC(=O)[C@H](CC(=O)O)N1CCOCC1. The Morgan fingerprint density at radius 3 is 2.30 bits per heavy atom. The molecular formula is C17H31NO5. The van der Waals surface area contributed by atoms with Gasteiger partial charge in [0.25, 0.3) is 0 Å². The Morgan fingerprint density at radius 1 is 1.09 bits per heavy atom. The van der Waals surface area contributed by atoms with Crippen molar-refractivity contribution < 1.29 is 24.2 Å². The van der Waals surface area contributed by atoms with Crippen molar-refractivity contribution in [1.29, 1.82) is 0 Å². The summed E-state index contributed by atoms with van der Waals surface area (Å²) in [5.41, 5.74) is 0. The Hall–Kier alpha value is -1.14. The van der Waals surface area contributed by atoms with Gasteiger partial charge in [0.15, 0.2) is 0 Å². The van der Waals surface area contributed by atoms with Gasteiger partial charge in [-0.25, -0.2) is 0 Å². The Morgan fingerprint density at radius 2 is 1.70 bits per heavy atom. The van der Waals surface area contributed by atoms with E-state index in [9.17, 15) is 9.59 Å². The lowest BCUT2D eigenvalue weighted by Crippen LogP contribution is -2.49. The molecule has 6 heteroatoms. The number of nitrogens with zero attached hydrogens (tertiary/aromatic N) is 1. The number of carbonyl (C=O) groups is 2. The monoisotopic (exact) mass is 329 g/mol. The third kappa shape index (κ3) is 8.91. The van der Waals surface area contributed by atoms with E-state index >= 15 is 0 Å². The minimum Gasteiger partial charge on any atom is -0.481 e.